The maximum Gasteiger partial charge on any atom is 0.267 e. The molecule has 0 unspecified atom stereocenters. The van der Waals surface area contributed by atoms with Crippen molar-refractivity contribution < 1.29 is 22.5 Å². The van der Waals surface area contributed by atoms with Crippen molar-refractivity contribution in [1.82, 2.24) is 10.6 Å². The minimum Gasteiger partial charge on any atom is -0.336 e. The van der Waals surface area contributed by atoms with Crippen LogP contribution in [0.5, 0.6) is 0 Å². The number of anilines is 2. The number of carbonyl (C=O) groups excluding carboxylic acids is 2. The van der Waals surface area contributed by atoms with Crippen molar-refractivity contribution in [3.05, 3.63) is 55.4 Å². The average Bonchev–Trinajstić information content (AvgIpc) is 3.34. The van der Waals surface area contributed by atoms with Gasteiger partial charge >= 0.3 is 0 Å². The lowest BCUT2D eigenvalue weighted by Crippen LogP contribution is -2.31. The van der Waals surface area contributed by atoms with Crippen molar-refractivity contribution in [3.8, 4) is 0 Å². The lowest BCUT2D eigenvalue weighted by Gasteiger charge is -2.17. The Hall–Kier alpha value is -2.93. The summed E-state index contributed by atoms with van der Waals surface area (Å²) >= 11 is 6.93. The molecule has 0 aliphatic rings. The summed E-state index contributed by atoms with van der Waals surface area (Å²) < 4.78 is 32.8. The van der Waals surface area contributed by atoms with Gasteiger partial charge in [-0.2, -0.15) is 0 Å². The smallest absolute Gasteiger partial charge is 0.267 e. The maximum absolute atomic E-state index is 13.0. The fourth-order valence-electron chi connectivity index (χ4n) is 3.24. The van der Waals surface area contributed by atoms with Gasteiger partial charge in [0.2, 0.25) is 0 Å². The highest BCUT2D eigenvalue weighted by Gasteiger charge is 2.28. The summed E-state index contributed by atoms with van der Waals surface area (Å²) in [5.74, 6) is 3.87. The van der Waals surface area contributed by atoms with E-state index in [9.17, 15) is 18.0 Å². The first-order chi connectivity index (χ1) is 15.0. The largest absolute Gasteiger partial charge is 0.336 e. The first-order valence-corrected chi connectivity index (χ1v) is 11.9. The maximum atomic E-state index is 13.0. The third-order valence-corrected chi connectivity index (χ3v) is 7.57. The van der Waals surface area contributed by atoms with Crippen LogP contribution >= 0.6 is 22.9 Å². The van der Waals surface area contributed by atoms with Crippen molar-refractivity contribution in [2.24, 2.45) is 5.84 Å². The van der Waals surface area contributed by atoms with Crippen molar-refractivity contribution in [2.75, 3.05) is 10.0 Å². The predicted molar refractivity (Wildman–Crippen MR) is 122 cm³/mol. The van der Waals surface area contributed by atoms with E-state index in [-0.39, 0.29) is 20.7 Å². The third kappa shape index (κ3) is 4.35. The molecule has 0 aliphatic carbocycles. The van der Waals surface area contributed by atoms with Gasteiger partial charge in [0.15, 0.2) is 0 Å². The number of benzene rings is 1. The van der Waals surface area contributed by atoms with Gasteiger partial charge in [0.05, 0.1) is 0 Å². The molecule has 0 atom stereocenters. The molecule has 2 aromatic heterocycles. The number of nitrogen functional groups attached to an aromatic ring is 1. The van der Waals surface area contributed by atoms with Crippen LogP contribution in [0.2, 0.25) is 5.02 Å². The number of amides is 2. The Morgan fingerprint density at radius 3 is 2.44 bits per heavy atom. The van der Waals surface area contributed by atoms with E-state index >= 15 is 0 Å². The Morgan fingerprint density at radius 2 is 1.84 bits per heavy atom. The highest BCUT2D eigenvalue weighted by molar-refractivity contribution is 7.93. The summed E-state index contributed by atoms with van der Waals surface area (Å²) in [5.41, 5.74) is 5.00. The first-order valence-electron chi connectivity index (χ1n) is 9.13. The zero-order chi connectivity index (χ0) is 23.8. The zero-order valence-electron chi connectivity index (χ0n) is 17.5. The van der Waals surface area contributed by atoms with Crippen LogP contribution < -0.4 is 21.3 Å². The summed E-state index contributed by atoms with van der Waals surface area (Å²) in [5, 5.41) is 7.81. The second kappa shape index (κ2) is 8.90. The zero-order valence-corrected chi connectivity index (χ0v) is 19.9. The van der Waals surface area contributed by atoms with Crippen LogP contribution in [0.25, 0.3) is 0 Å². The van der Waals surface area contributed by atoms with Gasteiger partial charge < -0.3 is 9.84 Å². The van der Waals surface area contributed by atoms with Crippen LogP contribution in [0.15, 0.2) is 26.9 Å². The second-order valence-electron chi connectivity index (χ2n) is 6.94. The molecule has 0 bridgehead atoms. The van der Waals surface area contributed by atoms with E-state index in [2.05, 4.69) is 20.6 Å². The summed E-state index contributed by atoms with van der Waals surface area (Å²) in [6.45, 7) is 6.74. The molecule has 3 aromatic rings. The molecule has 0 aliphatic heterocycles. The minimum absolute atomic E-state index is 0.0198. The van der Waals surface area contributed by atoms with Crippen LogP contribution in [0.3, 0.4) is 0 Å². The number of rotatable bonds is 6. The fraction of sp³-hybridized carbons (Fsp3) is 0.211. The van der Waals surface area contributed by atoms with Gasteiger partial charge in [-0.05, 0) is 55.8 Å². The molecular formula is C19H20ClN5O5S2. The van der Waals surface area contributed by atoms with E-state index in [0.717, 1.165) is 11.3 Å². The van der Waals surface area contributed by atoms with E-state index in [4.69, 9.17) is 22.0 Å². The molecule has 32 heavy (non-hydrogen) atoms. The number of sulfonamides is 1. The number of hydrogen-bond donors (Lipinski definition) is 4. The lowest BCUT2D eigenvalue weighted by atomic mass is 9.96. The van der Waals surface area contributed by atoms with E-state index in [1.165, 1.54) is 11.4 Å². The molecule has 2 heterocycles. The van der Waals surface area contributed by atoms with Gasteiger partial charge in [0, 0.05) is 11.3 Å². The molecule has 170 valence electrons. The third-order valence-electron chi connectivity index (χ3n) is 4.71. The fourth-order valence-corrected chi connectivity index (χ4v) is 5.74. The van der Waals surface area contributed by atoms with Crippen LogP contribution in [0.1, 0.15) is 42.4 Å². The Balaban J connectivity index is 1.96. The highest BCUT2D eigenvalue weighted by atomic mass is 35.5. The van der Waals surface area contributed by atoms with Crippen LogP contribution in [-0.2, 0) is 10.0 Å². The number of aromatic nitrogens is 1. The molecular weight excluding hydrogens is 478 g/mol. The normalized spacial score (nSPS) is 11.3. The molecule has 5 N–H and O–H groups in total. The number of carbonyl (C=O) groups is 2. The first kappa shape index (κ1) is 23.7. The monoisotopic (exact) mass is 497 g/mol. The quantitative estimate of drug-likeness (QED) is 0.231. The molecule has 3 rings (SSSR count). The lowest BCUT2D eigenvalue weighted by molar-refractivity contribution is 0.0951. The van der Waals surface area contributed by atoms with Gasteiger partial charge in [-0.15, -0.1) is 11.3 Å². The predicted octanol–water partition coefficient (Wildman–Crippen LogP) is 3.28. The standard InChI is InChI=1S/C19H20ClN5O5S2/c1-8-7-9(2)15(10(3)13(8)17(26)23-21)22-18(27)16-12(5-6-31-16)32(28,29)25-19-14(20)11(4)24-30-19/h5-7,25H,21H2,1-4H3,(H,22,27)(H,23,26). The molecule has 0 fully saturated rings. The Bertz CT molecular complexity index is 1330. The van der Waals surface area contributed by atoms with Crippen molar-refractivity contribution in [2.45, 2.75) is 32.6 Å². The summed E-state index contributed by atoms with van der Waals surface area (Å²) in [7, 11) is -4.20. The molecule has 2 amide bonds. The number of nitrogens with two attached hydrogens (primary N) is 1. The SMILES string of the molecule is Cc1cc(C)c(C(=O)NN)c(C)c1NC(=O)c1sccc1S(=O)(=O)Nc1onc(C)c1Cl. The number of nitrogens with zero attached hydrogens (tertiary/aromatic N) is 1. The van der Waals surface area contributed by atoms with Crippen LogP contribution in [0.4, 0.5) is 11.6 Å². The van der Waals surface area contributed by atoms with E-state index < -0.39 is 21.8 Å². The average molecular weight is 498 g/mol. The van der Waals surface area contributed by atoms with Gasteiger partial charge in [-0.1, -0.05) is 22.8 Å². The molecule has 0 radical (unpaired) electrons. The van der Waals surface area contributed by atoms with Crippen LogP contribution in [-0.4, -0.2) is 25.4 Å². The molecule has 1 aromatic carbocycles. The highest BCUT2D eigenvalue weighted by Crippen LogP contribution is 2.32. The topological polar surface area (TPSA) is 156 Å². The summed E-state index contributed by atoms with van der Waals surface area (Å²) in [4.78, 5) is 24.9. The number of aryl methyl sites for hydroxylation is 3. The molecule has 10 nitrogen and oxygen atoms in total. The molecule has 0 saturated heterocycles. The van der Waals surface area contributed by atoms with Crippen molar-refractivity contribution >= 4 is 56.3 Å². The Kier molecular flexibility index (Phi) is 6.60. The molecule has 0 saturated carbocycles. The second-order valence-corrected chi connectivity index (χ2v) is 9.89. The van der Waals surface area contributed by atoms with E-state index in [1.54, 1.807) is 33.8 Å². The molecule has 0 spiro atoms. The number of hydrogen-bond acceptors (Lipinski definition) is 8. The number of hydrazine groups is 1. The number of halogens is 1. The minimum atomic E-state index is -4.20. The van der Waals surface area contributed by atoms with Gasteiger partial charge in [-0.25, -0.2) is 19.0 Å². The molecule has 13 heteroatoms. The summed E-state index contributed by atoms with van der Waals surface area (Å²) in [6.07, 6.45) is 0. The number of thiophene rings is 1. The number of nitrogens with one attached hydrogen (secondary N) is 3. The van der Waals surface area contributed by atoms with Crippen molar-refractivity contribution in [1.29, 1.82) is 0 Å². The van der Waals surface area contributed by atoms with E-state index in [0.29, 0.717) is 33.6 Å². The van der Waals surface area contributed by atoms with Gasteiger partial charge in [-0.3, -0.25) is 15.0 Å². The van der Waals surface area contributed by atoms with Crippen LogP contribution in [0, 0.1) is 27.7 Å². The van der Waals surface area contributed by atoms with Gasteiger partial charge in [0.1, 0.15) is 20.5 Å². The Labute approximate surface area is 193 Å². The summed E-state index contributed by atoms with van der Waals surface area (Å²) in [6, 6.07) is 3.02. The van der Waals surface area contributed by atoms with E-state index in [1.807, 2.05) is 0 Å². The Morgan fingerprint density at radius 1 is 1.16 bits per heavy atom. The van der Waals surface area contributed by atoms with Gasteiger partial charge in [0.25, 0.3) is 27.7 Å². The van der Waals surface area contributed by atoms with Crippen molar-refractivity contribution in [3.63, 3.8) is 0 Å².